The maximum Gasteiger partial charge on any atom is 0.292 e. The summed E-state index contributed by atoms with van der Waals surface area (Å²) >= 11 is 5.93. The highest BCUT2D eigenvalue weighted by Crippen LogP contribution is 2.32. The number of halogens is 1. The van der Waals surface area contributed by atoms with Gasteiger partial charge in [0.15, 0.2) is 0 Å². The zero-order valence-corrected chi connectivity index (χ0v) is 16.1. The van der Waals surface area contributed by atoms with Crippen molar-refractivity contribution in [1.29, 1.82) is 0 Å². The number of carbonyl (C=O) groups excluding carboxylic acids is 2. The van der Waals surface area contributed by atoms with Crippen molar-refractivity contribution in [2.45, 2.75) is 26.4 Å². The summed E-state index contributed by atoms with van der Waals surface area (Å²) in [5, 5.41) is 14.9. The Hall–Kier alpha value is -2.38. The lowest BCUT2D eigenvalue weighted by Crippen LogP contribution is -2.36. The van der Waals surface area contributed by atoms with Gasteiger partial charge < -0.3 is 19.4 Å². The van der Waals surface area contributed by atoms with E-state index in [1.165, 1.54) is 6.92 Å². The molecule has 0 bridgehead atoms. The number of carbonyl (C=O) groups is 2. The number of aliphatic hydroxyl groups excluding tert-OH is 1. The molecular weight excluding hydrogens is 370 g/mol. The quantitative estimate of drug-likeness (QED) is 0.869. The SMILES string of the molecule is CC(=O)N1CCCN(C(=O)c2onc(-c3ccc(Cl)cc3)c2C(C)O)CC1. The highest BCUT2D eigenvalue weighted by molar-refractivity contribution is 6.30. The summed E-state index contributed by atoms with van der Waals surface area (Å²) < 4.78 is 5.36. The minimum Gasteiger partial charge on any atom is -0.388 e. The van der Waals surface area contributed by atoms with Gasteiger partial charge in [-0.1, -0.05) is 28.9 Å². The van der Waals surface area contributed by atoms with Crippen LogP contribution in [0.5, 0.6) is 0 Å². The van der Waals surface area contributed by atoms with E-state index in [1.807, 2.05) is 0 Å². The van der Waals surface area contributed by atoms with Crippen molar-refractivity contribution in [3.8, 4) is 11.3 Å². The van der Waals surface area contributed by atoms with Crippen molar-refractivity contribution in [1.82, 2.24) is 15.0 Å². The van der Waals surface area contributed by atoms with Crippen LogP contribution in [0.3, 0.4) is 0 Å². The van der Waals surface area contributed by atoms with E-state index in [-0.39, 0.29) is 17.6 Å². The number of rotatable bonds is 3. The molecule has 0 aliphatic carbocycles. The summed E-state index contributed by atoms with van der Waals surface area (Å²) in [6, 6.07) is 6.95. The number of benzene rings is 1. The van der Waals surface area contributed by atoms with Gasteiger partial charge in [-0.25, -0.2) is 0 Å². The van der Waals surface area contributed by atoms with Crippen LogP contribution in [-0.4, -0.2) is 58.1 Å². The topological polar surface area (TPSA) is 86.9 Å². The highest BCUT2D eigenvalue weighted by Gasteiger charge is 2.30. The molecular formula is C19H22ClN3O4. The standard InChI is InChI=1S/C19H22ClN3O4/c1-12(24)16-17(14-4-6-15(20)7-5-14)21-27-18(16)19(26)23-9-3-8-22(10-11-23)13(2)25/h4-7,12,24H,3,8-11H2,1-2H3. The van der Waals surface area contributed by atoms with Crippen molar-refractivity contribution in [2.75, 3.05) is 26.2 Å². The highest BCUT2D eigenvalue weighted by atomic mass is 35.5. The van der Waals surface area contributed by atoms with E-state index in [0.717, 1.165) is 0 Å². The van der Waals surface area contributed by atoms with Crippen molar-refractivity contribution in [3.05, 3.63) is 40.6 Å². The second-order valence-corrected chi connectivity index (χ2v) is 7.05. The molecule has 2 heterocycles. The molecule has 1 aliphatic rings. The normalized spacial score (nSPS) is 16.1. The smallest absolute Gasteiger partial charge is 0.292 e. The lowest BCUT2D eigenvalue weighted by molar-refractivity contribution is -0.128. The first kappa shape index (κ1) is 19.4. The molecule has 1 unspecified atom stereocenters. The summed E-state index contributed by atoms with van der Waals surface area (Å²) in [4.78, 5) is 28.0. The molecule has 8 heteroatoms. The summed E-state index contributed by atoms with van der Waals surface area (Å²) in [6.45, 7) is 5.12. The average molecular weight is 392 g/mol. The first-order valence-corrected chi connectivity index (χ1v) is 9.24. The predicted molar refractivity (Wildman–Crippen MR) is 100 cm³/mol. The van der Waals surface area contributed by atoms with Crippen molar-refractivity contribution in [2.24, 2.45) is 0 Å². The van der Waals surface area contributed by atoms with Crippen LogP contribution in [0.25, 0.3) is 11.3 Å². The number of hydrogen-bond donors (Lipinski definition) is 1. The van der Waals surface area contributed by atoms with E-state index in [0.29, 0.717) is 54.4 Å². The molecule has 27 heavy (non-hydrogen) atoms. The fourth-order valence-corrected chi connectivity index (χ4v) is 3.36. The summed E-state index contributed by atoms with van der Waals surface area (Å²) in [5.41, 5.74) is 1.48. The second kappa shape index (κ2) is 8.10. The Labute approximate surface area is 162 Å². The third-order valence-corrected chi connectivity index (χ3v) is 4.94. The summed E-state index contributed by atoms with van der Waals surface area (Å²) in [7, 11) is 0. The van der Waals surface area contributed by atoms with Crippen LogP contribution in [-0.2, 0) is 4.79 Å². The molecule has 0 spiro atoms. The fourth-order valence-electron chi connectivity index (χ4n) is 3.23. The molecule has 144 valence electrons. The van der Waals surface area contributed by atoms with Gasteiger partial charge in [0.2, 0.25) is 11.7 Å². The monoisotopic (exact) mass is 391 g/mol. The molecule has 7 nitrogen and oxygen atoms in total. The minimum absolute atomic E-state index is 0.00124. The zero-order valence-electron chi connectivity index (χ0n) is 15.3. The number of nitrogens with zero attached hydrogens (tertiary/aromatic N) is 3. The van der Waals surface area contributed by atoms with Crippen molar-refractivity contribution < 1.29 is 19.2 Å². The number of amides is 2. The summed E-state index contributed by atoms with van der Waals surface area (Å²) in [6.07, 6.45) is -0.241. The van der Waals surface area contributed by atoms with Gasteiger partial charge in [-0.3, -0.25) is 9.59 Å². The Morgan fingerprint density at radius 3 is 2.41 bits per heavy atom. The molecule has 0 saturated carbocycles. The van der Waals surface area contributed by atoms with Crippen LogP contribution < -0.4 is 0 Å². The molecule has 0 radical (unpaired) electrons. The molecule has 2 aromatic rings. The van der Waals surface area contributed by atoms with Crippen LogP contribution >= 0.6 is 11.6 Å². The Morgan fingerprint density at radius 1 is 1.15 bits per heavy atom. The van der Waals surface area contributed by atoms with Crippen LogP contribution in [0.4, 0.5) is 0 Å². The largest absolute Gasteiger partial charge is 0.388 e. The lowest BCUT2D eigenvalue weighted by Gasteiger charge is -2.21. The van der Waals surface area contributed by atoms with E-state index in [4.69, 9.17) is 16.1 Å². The van der Waals surface area contributed by atoms with Gasteiger partial charge in [0, 0.05) is 43.7 Å². The molecule has 1 aromatic carbocycles. The third-order valence-electron chi connectivity index (χ3n) is 4.69. The predicted octanol–water partition coefficient (Wildman–Crippen LogP) is 2.74. The molecule has 1 N–H and O–H groups in total. The first-order valence-electron chi connectivity index (χ1n) is 8.87. The fraction of sp³-hybridized carbons (Fsp3) is 0.421. The maximum atomic E-state index is 13.0. The van der Waals surface area contributed by atoms with E-state index >= 15 is 0 Å². The van der Waals surface area contributed by atoms with Gasteiger partial charge >= 0.3 is 0 Å². The second-order valence-electron chi connectivity index (χ2n) is 6.61. The third kappa shape index (κ3) is 4.14. The number of hydrogen-bond acceptors (Lipinski definition) is 5. The van der Waals surface area contributed by atoms with Gasteiger partial charge in [0.1, 0.15) is 5.69 Å². The van der Waals surface area contributed by atoms with E-state index in [9.17, 15) is 14.7 Å². The maximum absolute atomic E-state index is 13.0. The van der Waals surface area contributed by atoms with Gasteiger partial charge in [-0.2, -0.15) is 0 Å². The molecule has 1 saturated heterocycles. The molecule has 1 aliphatic heterocycles. The Balaban J connectivity index is 1.89. The van der Waals surface area contributed by atoms with Gasteiger partial charge in [-0.05, 0) is 25.5 Å². The molecule has 3 rings (SSSR count). The van der Waals surface area contributed by atoms with Crippen LogP contribution in [0.1, 0.15) is 42.5 Å². The number of aromatic nitrogens is 1. The van der Waals surface area contributed by atoms with Crippen LogP contribution in [0.15, 0.2) is 28.8 Å². The lowest BCUT2D eigenvalue weighted by atomic mass is 10.0. The Morgan fingerprint density at radius 2 is 1.78 bits per heavy atom. The average Bonchev–Trinajstić information content (AvgIpc) is 2.92. The molecule has 1 aromatic heterocycles. The molecule has 1 atom stereocenters. The number of aliphatic hydroxyl groups is 1. The van der Waals surface area contributed by atoms with Gasteiger partial charge in [-0.15, -0.1) is 0 Å². The van der Waals surface area contributed by atoms with E-state index < -0.39 is 6.10 Å². The van der Waals surface area contributed by atoms with Crippen molar-refractivity contribution in [3.63, 3.8) is 0 Å². The van der Waals surface area contributed by atoms with Crippen LogP contribution in [0, 0.1) is 0 Å². The minimum atomic E-state index is -0.929. The molecule has 2 amide bonds. The first-order chi connectivity index (χ1) is 12.9. The summed E-state index contributed by atoms with van der Waals surface area (Å²) in [5.74, 6) is -0.297. The van der Waals surface area contributed by atoms with E-state index in [2.05, 4.69) is 5.16 Å². The Kier molecular flexibility index (Phi) is 5.82. The molecule has 1 fully saturated rings. The van der Waals surface area contributed by atoms with Crippen molar-refractivity contribution >= 4 is 23.4 Å². The van der Waals surface area contributed by atoms with Gasteiger partial charge in [0.25, 0.3) is 5.91 Å². The Bertz CT molecular complexity index is 832. The zero-order chi connectivity index (χ0) is 19.6. The van der Waals surface area contributed by atoms with Crippen LogP contribution in [0.2, 0.25) is 5.02 Å². The van der Waals surface area contributed by atoms with Gasteiger partial charge in [0.05, 0.1) is 11.7 Å². The van der Waals surface area contributed by atoms with E-state index in [1.54, 1.807) is 41.0 Å².